The van der Waals surface area contributed by atoms with Crippen LogP contribution in [0.1, 0.15) is 13.3 Å². The zero-order chi connectivity index (χ0) is 92.9. The van der Waals surface area contributed by atoms with E-state index in [-0.39, 0.29) is 55.8 Å². The first kappa shape index (κ1) is 104. The van der Waals surface area contributed by atoms with Gasteiger partial charge in [0, 0.05) is 265 Å². The van der Waals surface area contributed by atoms with E-state index in [0.717, 1.165) is 216 Å². The van der Waals surface area contributed by atoms with Crippen LogP contribution in [-0.2, 0) is 23.8 Å². The Morgan fingerprint density at radius 1 is 0.488 bits per heavy atom. The van der Waals surface area contributed by atoms with Crippen molar-refractivity contribution in [3.8, 4) is 34.8 Å². The number of rotatable bonds is 29. The summed E-state index contributed by atoms with van der Waals surface area (Å²) < 4.78 is 49.0. The lowest BCUT2D eigenvalue weighted by atomic mass is 10.2. The minimum absolute atomic E-state index is 0.0434. The molecule has 0 spiro atoms. The molecule has 0 atom stereocenters. The number of ether oxygens (including phenoxy) is 7. The van der Waals surface area contributed by atoms with Gasteiger partial charge in [-0.3, -0.25) is 54.6 Å². The smallest absolute Gasteiger partial charge is 0.269 e. The Hall–Kier alpha value is -12.3. The van der Waals surface area contributed by atoms with E-state index < -0.39 is 10.7 Å². The highest BCUT2D eigenvalue weighted by molar-refractivity contribution is 9.09. The summed E-state index contributed by atoms with van der Waals surface area (Å²) in [4.78, 5) is 85.8. The molecule has 5 aliphatic rings. The lowest BCUT2D eigenvalue weighted by Gasteiger charge is -2.36. The number of piperazine rings is 5. The maximum absolute atomic E-state index is 12.1. The second-order valence-corrected chi connectivity index (χ2v) is 29.8. The molecule has 129 heavy (non-hydrogen) atoms. The number of halogens is 3. The highest BCUT2D eigenvalue weighted by atomic mass is 79.9. The lowest BCUT2D eigenvalue weighted by molar-refractivity contribution is -0.385. The largest absolute Gasteiger partial charge is 0.490 e. The standard InChI is InChI=1S/C27H32N6O3.C14H12ClN3O3.C13H19N3O3.C13H21N3O.C10H13N3O2.C6H4FNO2.C4H10N2.C3H7BrO/c1-4-13-32-14-16-33(17-15-32)22-11-9-20(10-12-22)30-27-28-19-24(35-3)26(31-27)36-23-8-6-7-21(18-23)29-25(34)5-2;1-3-12(19)17-9-5-4-6-10(7-9)21-13-11(20-2)8-16-14(15)18-13;1-19-11-10-14-6-8-15(9-7-14)12-2-4-13(5-3-12)16(17)18;1-17-11-10-15-6-8-16(9-7-15)13-4-2-12(14)3-5-13;14-13(15)10-3-1-9(2-4-10)12-7-5-11-6-8-12;7-5-1-3-6(4-2-5)8(9)10;1-2-6-4-3-5-1;1-5-3-2-4/h5-12,18-19H,2,4,13-17H2,1,3H3,(H,29,34)(H,28,30,31);3-8H,1H2,2H3,(H,17,19);2-5H,6-11H2,1H3;2-5H,6-11,14H2,1H3;1-4,11H,5-8H2;1-4H;5-6H,1-4H2;2-3H2,1H3. The number of hydrogen-bond acceptors (Lipinski definition) is 31. The normalized spacial score (nSPS) is 14.2. The molecule has 2 aromatic heterocycles. The Balaban J connectivity index is 0.000000214. The number of nitrogens with two attached hydrogens (primary N) is 1. The Bertz CT molecular complexity index is 4800. The predicted octanol–water partition coefficient (Wildman–Crippen LogP) is 13.1. The molecular formula is C90H118BrClFN21O15. The number of carbonyl (C=O) groups excluding carboxylic acids is 2. The average Bonchev–Trinajstić information content (AvgIpc) is 0.824. The van der Waals surface area contributed by atoms with Gasteiger partial charge in [0.15, 0.2) is 11.5 Å². The average molecular weight is 1870 g/mol. The molecule has 0 saturated carbocycles. The summed E-state index contributed by atoms with van der Waals surface area (Å²) in [6, 6.07) is 48.0. The fourth-order valence-corrected chi connectivity index (χ4v) is 13.3. The van der Waals surface area contributed by atoms with Gasteiger partial charge in [0.2, 0.25) is 23.0 Å². The van der Waals surface area contributed by atoms with Gasteiger partial charge in [0.1, 0.15) is 17.3 Å². The first-order chi connectivity index (χ1) is 62.6. The Kier molecular flexibility index (Phi) is 47.4. The molecule has 0 bridgehead atoms. The Morgan fingerprint density at radius 3 is 1.22 bits per heavy atom. The van der Waals surface area contributed by atoms with Gasteiger partial charge in [-0.05, 0) is 146 Å². The van der Waals surface area contributed by atoms with Crippen molar-refractivity contribution in [2.45, 2.75) is 13.3 Å². The zero-order valence-electron chi connectivity index (χ0n) is 73.8. The lowest BCUT2D eigenvalue weighted by Crippen LogP contribution is -2.47. The van der Waals surface area contributed by atoms with E-state index in [2.05, 4.69) is 151 Å². The number of nitrogen functional groups attached to an aromatic ring is 1. The maximum Gasteiger partial charge on any atom is 0.269 e. The molecule has 7 heterocycles. The first-order valence-corrected chi connectivity index (χ1v) is 43.4. The molecule has 36 nitrogen and oxygen atoms in total. The zero-order valence-corrected chi connectivity index (χ0v) is 76.1. The number of amides is 2. The SMILES string of the molecule is C1CNCCN1.C=CC(=O)Nc1cccc(Oc2nc(Cl)ncc2OC)c1.C=CC(=O)Nc1cccc(Oc2nc(Nc3ccc(N4CCN(CCC)CC4)cc3)ncc2OC)c1.COCCBr.COCCN1CCN(c2ccc(N)cc2)CC1.COCCN1CCN(c2ccc([N+](=O)[O-])cc2)CC1.O=[N+]([O-])c1ccc(F)cc1.O=[N+]([O-])c1ccc(N2CCNCC2)cc1. The third-order valence-corrected chi connectivity index (χ3v) is 20.2. The molecule has 5 fully saturated rings. The molecule has 5 aliphatic heterocycles. The van der Waals surface area contributed by atoms with Gasteiger partial charge < -0.3 is 90.4 Å². The molecule has 694 valence electrons. The summed E-state index contributed by atoms with van der Waals surface area (Å²) in [7, 11) is 8.15. The first-order valence-electron chi connectivity index (χ1n) is 41.9. The Labute approximate surface area is 765 Å². The maximum atomic E-state index is 12.1. The number of nitrogens with zero attached hydrogens (tertiary/aromatic N) is 14. The van der Waals surface area contributed by atoms with Gasteiger partial charge in [-0.2, -0.15) is 9.97 Å². The number of anilines is 9. The molecule has 0 aliphatic carbocycles. The summed E-state index contributed by atoms with van der Waals surface area (Å²) in [6.45, 7) is 35.6. The second kappa shape index (κ2) is 58.9. The molecule has 14 rings (SSSR count). The van der Waals surface area contributed by atoms with Crippen LogP contribution in [0.15, 0.2) is 208 Å². The van der Waals surface area contributed by atoms with E-state index >= 15 is 0 Å². The van der Waals surface area contributed by atoms with E-state index in [1.807, 2.05) is 48.5 Å². The minimum atomic E-state index is -0.570. The van der Waals surface area contributed by atoms with Crippen molar-refractivity contribution >= 4 is 108 Å². The summed E-state index contributed by atoms with van der Waals surface area (Å²) >= 11 is 8.92. The molecule has 2 amide bonds. The molecule has 9 aromatic rings. The number of non-ortho nitro benzene ring substituents is 3. The number of alkyl halides is 1. The van der Waals surface area contributed by atoms with Crippen molar-refractivity contribution in [2.75, 3.05) is 253 Å². The van der Waals surface area contributed by atoms with Gasteiger partial charge in [-0.15, -0.1) is 0 Å². The van der Waals surface area contributed by atoms with Crippen molar-refractivity contribution in [3.63, 3.8) is 0 Å². The van der Waals surface area contributed by atoms with Crippen molar-refractivity contribution in [1.82, 2.24) is 50.6 Å². The second-order valence-electron chi connectivity index (χ2n) is 28.7. The summed E-state index contributed by atoms with van der Waals surface area (Å²) in [5.74, 6) is 1.42. The van der Waals surface area contributed by atoms with Crippen LogP contribution in [0, 0.1) is 36.2 Å². The van der Waals surface area contributed by atoms with Crippen LogP contribution in [0.25, 0.3) is 0 Å². The highest BCUT2D eigenvalue weighted by Gasteiger charge is 2.22. The van der Waals surface area contributed by atoms with E-state index in [4.69, 9.17) is 45.8 Å². The molecule has 5 saturated heterocycles. The predicted molar refractivity (Wildman–Crippen MR) is 509 cm³/mol. The monoisotopic (exact) mass is 1870 g/mol. The number of nitro groups is 3. The molecule has 39 heteroatoms. The molecule has 0 radical (unpaired) electrons. The third kappa shape index (κ3) is 38.6. The molecule has 8 N–H and O–H groups in total. The number of benzene rings is 7. The number of nitrogens with one attached hydrogen (secondary N) is 6. The van der Waals surface area contributed by atoms with Crippen LogP contribution in [-0.4, -0.2) is 272 Å². The van der Waals surface area contributed by atoms with Gasteiger partial charge >= 0.3 is 0 Å². The van der Waals surface area contributed by atoms with E-state index in [1.54, 1.807) is 100 Å². The summed E-state index contributed by atoms with van der Waals surface area (Å²) in [5.41, 5.74) is 13.3. The number of carbonyl (C=O) groups is 2. The van der Waals surface area contributed by atoms with Gasteiger partial charge in [0.05, 0.1) is 61.2 Å². The number of nitro benzene ring substituents is 3. The van der Waals surface area contributed by atoms with Crippen molar-refractivity contribution in [1.29, 1.82) is 0 Å². The van der Waals surface area contributed by atoms with Crippen LogP contribution >= 0.6 is 27.5 Å². The van der Waals surface area contributed by atoms with Gasteiger partial charge in [-0.25, -0.2) is 14.4 Å². The third-order valence-electron chi connectivity index (χ3n) is 19.7. The van der Waals surface area contributed by atoms with E-state index in [1.165, 1.54) is 56.9 Å². The quantitative estimate of drug-likeness (QED) is 0.00572. The van der Waals surface area contributed by atoms with E-state index in [0.29, 0.717) is 40.3 Å². The fourth-order valence-electron chi connectivity index (χ4n) is 12.8. The minimum Gasteiger partial charge on any atom is -0.490 e. The molecule has 7 aromatic carbocycles. The number of methoxy groups -OCH3 is 5. The van der Waals surface area contributed by atoms with Crippen LogP contribution in [0.5, 0.6) is 34.8 Å². The van der Waals surface area contributed by atoms with Crippen molar-refractivity contribution in [2.24, 2.45) is 0 Å². The van der Waals surface area contributed by atoms with Crippen LogP contribution in [0.3, 0.4) is 0 Å². The van der Waals surface area contributed by atoms with Crippen LogP contribution in [0.2, 0.25) is 5.28 Å². The summed E-state index contributed by atoms with van der Waals surface area (Å²) in [5, 5.41) is 50.3. The summed E-state index contributed by atoms with van der Waals surface area (Å²) in [6.07, 6.45) is 6.55. The fraction of sp³-hybridized carbons (Fsp3) is 0.378. The highest BCUT2D eigenvalue weighted by Crippen LogP contribution is 2.34. The van der Waals surface area contributed by atoms with Crippen LogP contribution < -0.4 is 76.2 Å². The van der Waals surface area contributed by atoms with E-state index in [9.17, 15) is 44.3 Å². The van der Waals surface area contributed by atoms with Crippen molar-refractivity contribution in [3.05, 3.63) is 249 Å². The molecule has 0 unspecified atom stereocenters. The number of aromatic nitrogens is 4. The van der Waals surface area contributed by atoms with Crippen molar-refractivity contribution < 1.29 is 61.9 Å². The van der Waals surface area contributed by atoms with Gasteiger partial charge in [0.25, 0.3) is 28.8 Å². The van der Waals surface area contributed by atoms with Crippen LogP contribution in [0.4, 0.5) is 72.9 Å². The molecular weight excluding hydrogens is 1750 g/mol. The van der Waals surface area contributed by atoms with Gasteiger partial charge in [-0.1, -0.05) is 48.1 Å². The topological polar surface area (TPSA) is 401 Å². The number of hydrogen-bond donors (Lipinski definition) is 7. The Morgan fingerprint density at radius 2 is 0.853 bits per heavy atom.